The van der Waals surface area contributed by atoms with Gasteiger partial charge in [0.25, 0.3) is 0 Å². The van der Waals surface area contributed by atoms with E-state index >= 15 is 0 Å². The average Bonchev–Trinajstić information content (AvgIpc) is 3.41. The van der Waals surface area contributed by atoms with Crippen LogP contribution in [-0.2, 0) is 4.74 Å². The number of anilines is 1. The standard InChI is InChI=1S/C24H25N5O5S/c25-22-19-23(27-12-26-22)29(13-28-19)24-21(32)20(31)18(34-24)11-35-9-8-33-17-6-4-14(5-7-17)15-2-1-3-16(30)10-15/h1-7,10,12-13,18,20-21,24,30-32H,8-9,11H2,(H2,25,26,27)/t18-,20-,21-,24-/m1/s1. The van der Waals surface area contributed by atoms with Crippen molar-refractivity contribution in [1.29, 1.82) is 0 Å². The van der Waals surface area contributed by atoms with Crippen LogP contribution in [0.2, 0.25) is 0 Å². The molecule has 1 fully saturated rings. The summed E-state index contributed by atoms with van der Waals surface area (Å²) in [7, 11) is 0. The number of hydrogen-bond acceptors (Lipinski definition) is 10. The Morgan fingerprint density at radius 3 is 2.66 bits per heavy atom. The van der Waals surface area contributed by atoms with E-state index in [4.69, 9.17) is 15.2 Å². The van der Waals surface area contributed by atoms with Crippen LogP contribution in [0.15, 0.2) is 61.2 Å². The molecule has 4 aromatic rings. The normalized spacial score (nSPS) is 22.0. The molecular formula is C24H25N5O5S. The first kappa shape index (κ1) is 23.4. The number of nitrogen functional groups attached to an aromatic ring is 1. The van der Waals surface area contributed by atoms with Crippen LogP contribution in [0.1, 0.15) is 6.23 Å². The number of aromatic hydroxyl groups is 1. The lowest BCUT2D eigenvalue weighted by Crippen LogP contribution is -2.32. The van der Waals surface area contributed by atoms with Crippen molar-refractivity contribution in [3.63, 3.8) is 0 Å². The molecule has 0 saturated carbocycles. The van der Waals surface area contributed by atoms with Gasteiger partial charge in [-0.15, -0.1) is 0 Å². The van der Waals surface area contributed by atoms with Gasteiger partial charge in [0.1, 0.15) is 35.6 Å². The van der Waals surface area contributed by atoms with Crippen LogP contribution in [-0.4, -0.2) is 71.3 Å². The summed E-state index contributed by atoms with van der Waals surface area (Å²) < 4.78 is 13.3. The second-order valence-electron chi connectivity index (χ2n) is 8.13. The Kier molecular flexibility index (Phi) is 6.73. The van der Waals surface area contributed by atoms with Crippen molar-refractivity contribution >= 4 is 28.7 Å². The molecule has 4 atom stereocenters. The van der Waals surface area contributed by atoms with Gasteiger partial charge in [0.15, 0.2) is 17.7 Å². The van der Waals surface area contributed by atoms with Crippen molar-refractivity contribution in [1.82, 2.24) is 19.5 Å². The number of aromatic nitrogens is 4. The second-order valence-corrected chi connectivity index (χ2v) is 9.28. The number of aliphatic hydroxyl groups is 2. The molecule has 5 rings (SSSR count). The van der Waals surface area contributed by atoms with E-state index in [1.165, 1.54) is 12.7 Å². The Labute approximate surface area is 205 Å². The minimum absolute atomic E-state index is 0.229. The SMILES string of the molecule is Nc1ncnc2c1ncn2[C@@H]1O[C@H](CSCCOc2ccc(-c3cccc(O)c3)cc2)[C@@H](O)[C@H]1O. The van der Waals surface area contributed by atoms with Crippen molar-refractivity contribution in [2.24, 2.45) is 0 Å². The number of phenolic OH excluding ortho intramolecular Hbond substituents is 1. The molecule has 35 heavy (non-hydrogen) atoms. The summed E-state index contributed by atoms with van der Waals surface area (Å²) in [5, 5.41) is 30.7. The molecule has 3 heterocycles. The maximum absolute atomic E-state index is 10.6. The number of hydrogen-bond donors (Lipinski definition) is 4. The molecule has 1 saturated heterocycles. The number of ether oxygens (including phenoxy) is 2. The zero-order valence-corrected chi connectivity index (χ0v) is 19.5. The highest BCUT2D eigenvalue weighted by Crippen LogP contribution is 2.33. The topological polar surface area (TPSA) is 149 Å². The first-order valence-corrected chi connectivity index (χ1v) is 12.2. The Balaban J connectivity index is 1.11. The molecular weight excluding hydrogens is 470 g/mol. The molecule has 5 N–H and O–H groups in total. The van der Waals surface area contributed by atoms with Gasteiger partial charge >= 0.3 is 0 Å². The number of rotatable bonds is 8. The summed E-state index contributed by atoms with van der Waals surface area (Å²) in [6, 6.07) is 14.8. The molecule has 0 radical (unpaired) electrons. The van der Waals surface area contributed by atoms with Crippen LogP contribution in [0.5, 0.6) is 11.5 Å². The zero-order chi connectivity index (χ0) is 24.4. The van der Waals surface area contributed by atoms with Crippen LogP contribution in [0.4, 0.5) is 5.82 Å². The van der Waals surface area contributed by atoms with E-state index in [1.807, 2.05) is 30.3 Å². The van der Waals surface area contributed by atoms with E-state index < -0.39 is 24.5 Å². The van der Waals surface area contributed by atoms with Crippen LogP contribution < -0.4 is 10.5 Å². The lowest BCUT2D eigenvalue weighted by molar-refractivity contribution is -0.0289. The molecule has 1 aliphatic rings. The minimum atomic E-state index is -1.13. The number of nitrogens with two attached hydrogens (primary N) is 1. The fourth-order valence-corrected chi connectivity index (χ4v) is 4.88. The summed E-state index contributed by atoms with van der Waals surface area (Å²) in [6.07, 6.45) is -0.758. The molecule has 2 aromatic carbocycles. The highest BCUT2D eigenvalue weighted by Gasteiger charge is 2.44. The predicted octanol–water partition coefficient (Wildman–Crippen LogP) is 2.21. The molecule has 0 unspecified atom stereocenters. The van der Waals surface area contributed by atoms with E-state index in [1.54, 1.807) is 34.5 Å². The fourth-order valence-electron chi connectivity index (χ4n) is 4.00. The Bertz CT molecular complexity index is 1300. The smallest absolute Gasteiger partial charge is 0.167 e. The van der Waals surface area contributed by atoms with Gasteiger partial charge in [-0.05, 0) is 35.4 Å². The molecule has 0 spiro atoms. The highest BCUT2D eigenvalue weighted by atomic mass is 32.2. The average molecular weight is 496 g/mol. The number of fused-ring (bicyclic) bond motifs is 1. The maximum Gasteiger partial charge on any atom is 0.167 e. The van der Waals surface area contributed by atoms with Crippen LogP contribution >= 0.6 is 11.8 Å². The van der Waals surface area contributed by atoms with E-state index in [0.29, 0.717) is 29.3 Å². The highest BCUT2D eigenvalue weighted by molar-refractivity contribution is 7.99. The summed E-state index contributed by atoms with van der Waals surface area (Å²) >= 11 is 1.56. The first-order valence-electron chi connectivity index (χ1n) is 11.1. The van der Waals surface area contributed by atoms with E-state index in [9.17, 15) is 15.3 Å². The Morgan fingerprint density at radius 1 is 1.03 bits per heavy atom. The van der Waals surface area contributed by atoms with E-state index in [0.717, 1.165) is 16.9 Å². The molecule has 0 aliphatic carbocycles. The van der Waals surface area contributed by atoms with Gasteiger partial charge in [0, 0.05) is 11.5 Å². The Morgan fingerprint density at radius 2 is 1.86 bits per heavy atom. The molecule has 1 aliphatic heterocycles. The molecule has 2 aromatic heterocycles. The monoisotopic (exact) mass is 495 g/mol. The van der Waals surface area contributed by atoms with E-state index in [-0.39, 0.29) is 11.6 Å². The predicted molar refractivity (Wildman–Crippen MR) is 132 cm³/mol. The number of imidazole rings is 1. The lowest BCUT2D eigenvalue weighted by atomic mass is 10.1. The first-order chi connectivity index (χ1) is 17.0. The third-order valence-corrected chi connectivity index (χ3v) is 6.83. The van der Waals surface area contributed by atoms with Gasteiger partial charge in [-0.25, -0.2) is 15.0 Å². The van der Waals surface area contributed by atoms with Gasteiger partial charge < -0.3 is 30.5 Å². The van der Waals surface area contributed by atoms with Gasteiger partial charge in [-0.1, -0.05) is 24.3 Å². The summed E-state index contributed by atoms with van der Waals surface area (Å²) in [5.41, 5.74) is 8.61. The molecule has 182 valence electrons. The summed E-state index contributed by atoms with van der Waals surface area (Å²) in [4.78, 5) is 12.3. The second kappa shape index (κ2) is 10.1. The number of phenols is 1. The summed E-state index contributed by atoms with van der Waals surface area (Å²) in [6.45, 7) is 0.479. The maximum atomic E-state index is 10.6. The number of thioether (sulfide) groups is 1. The van der Waals surface area contributed by atoms with Gasteiger partial charge in [-0.2, -0.15) is 11.8 Å². The Hall–Kier alpha value is -3.38. The zero-order valence-electron chi connectivity index (χ0n) is 18.6. The van der Waals surface area contributed by atoms with Crippen molar-refractivity contribution in [3.8, 4) is 22.6 Å². The largest absolute Gasteiger partial charge is 0.508 e. The van der Waals surface area contributed by atoms with Crippen molar-refractivity contribution in [3.05, 3.63) is 61.2 Å². The molecule has 0 bridgehead atoms. The van der Waals surface area contributed by atoms with Gasteiger partial charge in [0.2, 0.25) is 0 Å². The number of benzene rings is 2. The third-order valence-electron chi connectivity index (χ3n) is 5.81. The quantitative estimate of drug-likeness (QED) is 0.268. The molecule has 0 amide bonds. The minimum Gasteiger partial charge on any atom is -0.508 e. The van der Waals surface area contributed by atoms with Crippen molar-refractivity contribution in [2.45, 2.75) is 24.5 Å². The van der Waals surface area contributed by atoms with Crippen LogP contribution in [0.3, 0.4) is 0 Å². The molecule has 10 nitrogen and oxygen atoms in total. The van der Waals surface area contributed by atoms with Crippen molar-refractivity contribution in [2.75, 3.05) is 23.8 Å². The van der Waals surface area contributed by atoms with Crippen LogP contribution in [0, 0.1) is 0 Å². The lowest BCUT2D eigenvalue weighted by Gasteiger charge is -2.16. The van der Waals surface area contributed by atoms with Gasteiger partial charge in [-0.3, -0.25) is 4.57 Å². The number of nitrogens with zero attached hydrogens (tertiary/aromatic N) is 4. The summed E-state index contributed by atoms with van der Waals surface area (Å²) in [5.74, 6) is 2.38. The number of aliphatic hydroxyl groups excluding tert-OH is 2. The van der Waals surface area contributed by atoms with Gasteiger partial charge in [0.05, 0.1) is 19.0 Å². The van der Waals surface area contributed by atoms with E-state index in [2.05, 4.69) is 15.0 Å². The fraction of sp³-hybridized carbons (Fsp3) is 0.292. The molecule has 11 heteroatoms. The van der Waals surface area contributed by atoms with Crippen LogP contribution in [0.25, 0.3) is 22.3 Å². The van der Waals surface area contributed by atoms with Crippen molar-refractivity contribution < 1.29 is 24.8 Å². The third kappa shape index (κ3) is 4.89.